The highest BCUT2D eigenvalue weighted by molar-refractivity contribution is 7.09. The van der Waals surface area contributed by atoms with Crippen LogP contribution in [0.1, 0.15) is 30.7 Å². The van der Waals surface area contributed by atoms with Gasteiger partial charge in [-0.05, 0) is 31.9 Å². The van der Waals surface area contributed by atoms with Gasteiger partial charge < -0.3 is 16.4 Å². The molecule has 2 rings (SSSR count). The highest BCUT2D eigenvalue weighted by atomic mass is 32.1. The van der Waals surface area contributed by atoms with Gasteiger partial charge in [0, 0.05) is 29.6 Å². The predicted molar refractivity (Wildman–Crippen MR) is 97.0 cm³/mol. The predicted octanol–water partition coefficient (Wildman–Crippen LogP) is 3.29. The van der Waals surface area contributed by atoms with Crippen LogP contribution in [0, 0.1) is 6.92 Å². The number of nitrogens with two attached hydrogens (primary N) is 1. The highest BCUT2D eigenvalue weighted by Gasteiger charge is 2.05. The number of carbonyl (C=O) groups is 2. The lowest BCUT2D eigenvalue weighted by molar-refractivity contribution is -0.116. The smallest absolute Gasteiger partial charge is 0.312 e. The molecule has 0 aliphatic heterocycles. The molecule has 0 aliphatic carbocycles. The summed E-state index contributed by atoms with van der Waals surface area (Å²) in [4.78, 5) is 26.8. The maximum absolute atomic E-state index is 11.9. The molecule has 0 radical (unpaired) electrons. The first-order valence-electron chi connectivity index (χ1n) is 7.90. The molecule has 0 atom stereocenters. The van der Waals surface area contributed by atoms with Crippen LogP contribution in [-0.4, -0.2) is 23.5 Å². The Kier molecular flexibility index (Phi) is 6.74. The lowest BCUT2D eigenvalue weighted by Gasteiger charge is -2.06. The summed E-state index contributed by atoms with van der Waals surface area (Å²) < 4.78 is 0. The summed E-state index contributed by atoms with van der Waals surface area (Å²) in [6, 6.07) is 7.18. The number of anilines is 1. The number of rotatable bonds is 8. The lowest BCUT2D eigenvalue weighted by atomic mass is 10.1. The van der Waals surface area contributed by atoms with Crippen LogP contribution >= 0.6 is 11.3 Å². The maximum Gasteiger partial charge on any atom is 0.312 e. The fourth-order valence-electron chi connectivity index (χ4n) is 2.24. The number of nitrogens with zero attached hydrogens (tertiary/aromatic N) is 1. The van der Waals surface area contributed by atoms with E-state index in [4.69, 9.17) is 5.73 Å². The van der Waals surface area contributed by atoms with Crippen LogP contribution in [0.4, 0.5) is 10.5 Å². The second kappa shape index (κ2) is 9.02. The van der Waals surface area contributed by atoms with E-state index in [0.29, 0.717) is 13.0 Å². The maximum atomic E-state index is 11.9. The van der Waals surface area contributed by atoms with Crippen LogP contribution in [0.5, 0.6) is 0 Å². The van der Waals surface area contributed by atoms with Gasteiger partial charge in [0.1, 0.15) is 0 Å². The molecule has 1 heterocycles. The number of hydrogen-bond donors (Lipinski definition) is 3. The molecule has 2 aromatic rings. The molecule has 0 bridgehead atoms. The van der Waals surface area contributed by atoms with Crippen LogP contribution in [0.2, 0.25) is 0 Å². The number of primary amides is 1. The first kappa shape index (κ1) is 17.9. The standard InChI is InChI=1S/C17H22N4O2S/c1-12-20-15(11-24-12)13-6-8-14(9-7-13)21-16(22)5-3-2-4-10-19-17(18)23/h6-9,11H,2-5,10H2,1H3,(H,21,22)(H3,18,19,23). The summed E-state index contributed by atoms with van der Waals surface area (Å²) in [5.41, 5.74) is 7.76. The number of hydrogen-bond acceptors (Lipinski definition) is 4. The van der Waals surface area contributed by atoms with Crippen molar-refractivity contribution < 1.29 is 9.59 Å². The first-order valence-corrected chi connectivity index (χ1v) is 8.78. The van der Waals surface area contributed by atoms with E-state index in [1.54, 1.807) is 11.3 Å². The number of urea groups is 1. The van der Waals surface area contributed by atoms with Gasteiger partial charge in [0.25, 0.3) is 0 Å². The van der Waals surface area contributed by atoms with Crippen molar-refractivity contribution >= 4 is 29.0 Å². The van der Waals surface area contributed by atoms with Crippen molar-refractivity contribution in [3.63, 3.8) is 0 Å². The average Bonchev–Trinajstić information content (AvgIpc) is 2.97. The Labute approximate surface area is 145 Å². The number of benzene rings is 1. The molecule has 0 spiro atoms. The van der Waals surface area contributed by atoms with E-state index in [9.17, 15) is 9.59 Å². The molecule has 1 aromatic carbocycles. The Morgan fingerprint density at radius 2 is 1.92 bits per heavy atom. The SMILES string of the molecule is Cc1nc(-c2ccc(NC(=O)CCCCCNC(N)=O)cc2)cs1. The largest absolute Gasteiger partial charge is 0.352 e. The number of aryl methyl sites for hydroxylation is 1. The van der Waals surface area contributed by atoms with Gasteiger partial charge in [-0.1, -0.05) is 18.6 Å². The summed E-state index contributed by atoms with van der Waals surface area (Å²) in [6.07, 6.45) is 2.93. The third-order valence-corrected chi connectivity index (χ3v) is 4.24. The van der Waals surface area contributed by atoms with Crippen molar-refractivity contribution in [2.45, 2.75) is 32.6 Å². The van der Waals surface area contributed by atoms with Crippen LogP contribution in [0.15, 0.2) is 29.6 Å². The average molecular weight is 346 g/mol. The second-order valence-corrected chi connectivity index (χ2v) is 6.54. The topological polar surface area (TPSA) is 97.1 Å². The van der Waals surface area contributed by atoms with E-state index >= 15 is 0 Å². The molecule has 6 nitrogen and oxygen atoms in total. The Morgan fingerprint density at radius 1 is 1.17 bits per heavy atom. The fraction of sp³-hybridized carbons (Fsp3) is 0.353. The van der Waals surface area contributed by atoms with E-state index in [0.717, 1.165) is 41.2 Å². The van der Waals surface area contributed by atoms with E-state index < -0.39 is 6.03 Å². The third kappa shape index (κ3) is 6.00. The summed E-state index contributed by atoms with van der Waals surface area (Å²) in [5, 5.41) is 8.48. The zero-order valence-corrected chi connectivity index (χ0v) is 14.5. The highest BCUT2D eigenvalue weighted by Crippen LogP contribution is 2.23. The quantitative estimate of drug-likeness (QED) is 0.640. The Balaban J connectivity index is 1.71. The van der Waals surface area contributed by atoms with Crippen LogP contribution < -0.4 is 16.4 Å². The monoisotopic (exact) mass is 346 g/mol. The molecule has 1 aromatic heterocycles. The molecule has 24 heavy (non-hydrogen) atoms. The van der Waals surface area contributed by atoms with Crippen molar-refractivity contribution in [1.29, 1.82) is 0 Å². The summed E-state index contributed by atoms with van der Waals surface area (Å²) in [5.74, 6) is -0.00452. The number of unbranched alkanes of at least 4 members (excludes halogenated alkanes) is 2. The number of amides is 3. The minimum atomic E-state index is -0.510. The Hall–Kier alpha value is -2.41. The van der Waals surface area contributed by atoms with Gasteiger partial charge in [-0.2, -0.15) is 0 Å². The van der Waals surface area contributed by atoms with Crippen LogP contribution in [0.3, 0.4) is 0 Å². The van der Waals surface area contributed by atoms with E-state index in [1.807, 2.05) is 36.6 Å². The van der Waals surface area contributed by atoms with Crippen molar-refractivity contribution in [3.05, 3.63) is 34.7 Å². The number of aromatic nitrogens is 1. The number of carbonyl (C=O) groups excluding carboxylic acids is 2. The van der Waals surface area contributed by atoms with Crippen molar-refractivity contribution in [3.8, 4) is 11.3 Å². The van der Waals surface area contributed by atoms with E-state index in [1.165, 1.54) is 0 Å². The van der Waals surface area contributed by atoms with Crippen molar-refractivity contribution in [2.24, 2.45) is 5.73 Å². The molecular formula is C17H22N4O2S. The summed E-state index contributed by atoms with van der Waals surface area (Å²) >= 11 is 1.62. The Bertz CT molecular complexity index is 682. The van der Waals surface area contributed by atoms with Gasteiger partial charge in [0.05, 0.1) is 10.7 Å². The molecule has 0 unspecified atom stereocenters. The van der Waals surface area contributed by atoms with Crippen LogP contribution in [0.25, 0.3) is 11.3 Å². The van der Waals surface area contributed by atoms with Gasteiger partial charge in [-0.25, -0.2) is 9.78 Å². The zero-order chi connectivity index (χ0) is 17.4. The molecular weight excluding hydrogens is 324 g/mol. The normalized spacial score (nSPS) is 10.4. The van der Waals surface area contributed by atoms with Crippen LogP contribution in [-0.2, 0) is 4.79 Å². The van der Waals surface area contributed by atoms with Gasteiger partial charge in [-0.15, -0.1) is 11.3 Å². The molecule has 3 amide bonds. The molecule has 0 aliphatic rings. The molecule has 7 heteroatoms. The van der Waals surface area contributed by atoms with Gasteiger partial charge >= 0.3 is 6.03 Å². The lowest BCUT2D eigenvalue weighted by Crippen LogP contribution is -2.29. The van der Waals surface area contributed by atoms with Crippen molar-refractivity contribution in [2.75, 3.05) is 11.9 Å². The summed E-state index contributed by atoms with van der Waals surface area (Å²) in [7, 11) is 0. The van der Waals surface area contributed by atoms with E-state index in [2.05, 4.69) is 15.6 Å². The zero-order valence-electron chi connectivity index (χ0n) is 13.7. The molecule has 0 fully saturated rings. The minimum Gasteiger partial charge on any atom is -0.352 e. The fourth-order valence-corrected chi connectivity index (χ4v) is 2.86. The minimum absolute atomic E-state index is 0.00452. The van der Waals surface area contributed by atoms with Gasteiger partial charge in [0.2, 0.25) is 5.91 Å². The third-order valence-electron chi connectivity index (χ3n) is 3.46. The van der Waals surface area contributed by atoms with Gasteiger partial charge in [0.15, 0.2) is 0 Å². The number of thiazole rings is 1. The molecule has 128 valence electrons. The second-order valence-electron chi connectivity index (χ2n) is 5.48. The molecule has 4 N–H and O–H groups in total. The summed E-state index contributed by atoms with van der Waals surface area (Å²) in [6.45, 7) is 2.53. The Morgan fingerprint density at radius 3 is 2.54 bits per heavy atom. The molecule has 0 saturated heterocycles. The van der Waals surface area contributed by atoms with Crippen molar-refractivity contribution in [1.82, 2.24) is 10.3 Å². The van der Waals surface area contributed by atoms with Gasteiger partial charge in [-0.3, -0.25) is 4.79 Å². The number of nitrogens with one attached hydrogen (secondary N) is 2. The molecule has 0 saturated carbocycles. The first-order chi connectivity index (χ1) is 11.5. The van der Waals surface area contributed by atoms with E-state index in [-0.39, 0.29) is 5.91 Å².